The highest BCUT2D eigenvalue weighted by molar-refractivity contribution is 5.67. The Morgan fingerprint density at radius 3 is 2.56 bits per heavy atom. The number of hydrazine groups is 1. The number of carbonyl (C=O) groups is 1. The van der Waals surface area contributed by atoms with Crippen molar-refractivity contribution in [2.24, 2.45) is 5.84 Å². The van der Waals surface area contributed by atoms with Crippen molar-refractivity contribution in [2.75, 3.05) is 0 Å². The summed E-state index contributed by atoms with van der Waals surface area (Å²) in [5.41, 5.74) is 0.526. The molecule has 0 unspecified atom stereocenters. The van der Waals surface area contributed by atoms with Crippen molar-refractivity contribution < 1.29 is 14.2 Å². The molecule has 0 fully saturated rings. The van der Waals surface area contributed by atoms with Gasteiger partial charge in [-0.25, -0.2) is 20.3 Å². The third kappa shape index (κ3) is 3.50. The smallest absolute Gasteiger partial charge is 0.424 e. The van der Waals surface area contributed by atoms with Gasteiger partial charge in [-0.05, 0) is 27.7 Å². The summed E-state index contributed by atoms with van der Waals surface area (Å²) in [6, 6.07) is 0. The molecule has 0 atom stereocenters. The average Bonchev–Trinajstić information content (AvgIpc) is 2.49. The van der Waals surface area contributed by atoms with Gasteiger partial charge in [-0.2, -0.15) is 0 Å². The van der Waals surface area contributed by atoms with Crippen LogP contribution in [0.5, 0.6) is 0 Å². The molecule has 0 aliphatic heterocycles. The molecule has 7 heteroatoms. The molecular formula is C9H16N4O3. The van der Waals surface area contributed by atoms with E-state index in [1.54, 1.807) is 27.7 Å². The largest absolute Gasteiger partial charge is 0.443 e. The molecule has 16 heavy (non-hydrogen) atoms. The SMILES string of the molecule is Cc1nonc1CN(N)C(=O)OC(C)(C)C. The van der Waals surface area contributed by atoms with Crippen LogP contribution in [0, 0.1) is 6.92 Å². The number of aryl methyl sites for hydroxylation is 1. The lowest BCUT2D eigenvalue weighted by atomic mass is 10.2. The maximum absolute atomic E-state index is 11.5. The Morgan fingerprint density at radius 1 is 1.50 bits per heavy atom. The second-order valence-corrected chi connectivity index (χ2v) is 4.40. The molecule has 2 N–H and O–H groups in total. The Bertz CT molecular complexity index is 369. The molecule has 0 bridgehead atoms. The maximum Gasteiger partial charge on any atom is 0.424 e. The molecule has 0 aliphatic carbocycles. The Balaban J connectivity index is 2.56. The monoisotopic (exact) mass is 228 g/mol. The quantitative estimate of drug-likeness (QED) is 0.460. The van der Waals surface area contributed by atoms with Crippen LogP contribution >= 0.6 is 0 Å². The van der Waals surface area contributed by atoms with Crippen LogP contribution in [0.25, 0.3) is 0 Å². The summed E-state index contributed by atoms with van der Waals surface area (Å²) in [4.78, 5) is 11.5. The first-order valence-electron chi connectivity index (χ1n) is 4.83. The number of carbonyl (C=O) groups excluding carboxylic acids is 1. The zero-order valence-electron chi connectivity index (χ0n) is 9.85. The van der Waals surface area contributed by atoms with E-state index in [1.807, 2.05) is 0 Å². The summed E-state index contributed by atoms with van der Waals surface area (Å²) < 4.78 is 9.56. The van der Waals surface area contributed by atoms with Crippen LogP contribution < -0.4 is 5.84 Å². The van der Waals surface area contributed by atoms with Gasteiger partial charge in [0.15, 0.2) is 0 Å². The van der Waals surface area contributed by atoms with E-state index >= 15 is 0 Å². The highest BCUT2D eigenvalue weighted by atomic mass is 16.6. The van der Waals surface area contributed by atoms with Gasteiger partial charge in [0.2, 0.25) is 0 Å². The van der Waals surface area contributed by atoms with Crippen molar-refractivity contribution >= 4 is 6.09 Å². The standard InChI is InChI=1S/C9H16N4O3/c1-6-7(12-16-11-6)5-13(10)8(14)15-9(2,3)4/h5,10H2,1-4H3. The van der Waals surface area contributed by atoms with Gasteiger partial charge in [0.1, 0.15) is 17.0 Å². The van der Waals surface area contributed by atoms with Crippen LogP contribution in [0.2, 0.25) is 0 Å². The molecular weight excluding hydrogens is 212 g/mol. The van der Waals surface area contributed by atoms with Crippen molar-refractivity contribution in [3.8, 4) is 0 Å². The molecule has 0 radical (unpaired) electrons. The van der Waals surface area contributed by atoms with Crippen LogP contribution in [-0.2, 0) is 11.3 Å². The third-order valence-electron chi connectivity index (χ3n) is 1.69. The van der Waals surface area contributed by atoms with Gasteiger partial charge in [-0.3, -0.25) is 0 Å². The second-order valence-electron chi connectivity index (χ2n) is 4.40. The normalized spacial score (nSPS) is 11.3. The van der Waals surface area contributed by atoms with Gasteiger partial charge in [0.05, 0.1) is 6.54 Å². The Labute approximate surface area is 93.5 Å². The maximum atomic E-state index is 11.5. The minimum Gasteiger partial charge on any atom is -0.443 e. The van der Waals surface area contributed by atoms with E-state index in [0.29, 0.717) is 11.4 Å². The van der Waals surface area contributed by atoms with Crippen LogP contribution in [0.3, 0.4) is 0 Å². The lowest BCUT2D eigenvalue weighted by molar-refractivity contribution is 0.0227. The summed E-state index contributed by atoms with van der Waals surface area (Å²) in [6.45, 7) is 7.12. The van der Waals surface area contributed by atoms with E-state index in [-0.39, 0.29) is 6.54 Å². The van der Waals surface area contributed by atoms with Crippen molar-refractivity contribution in [3.05, 3.63) is 11.4 Å². The van der Waals surface area contributed by atoms with Crippen molar-refractivity contribution in [3.63, 3.8) is 0 Å². The molecule has 0 saturated heterocycles. The van der Waals surface area contributed by atoms with E-state index in [0.717, 1.165) is 5.01 Å². The zero-order chi connectivity index (χ0) is 12.3. The van der Waals surface area contributed by atoms with Crippen LogP contribution in [-0.4, -0.2) is 27.0 Å². The number of nitrogens with zero attached hydrogens (tertiary/aromatic N) is 3. The van der Waals surface area contributed by atoms with Crippen LogP contribution in [0.1, 0.15) is 32.2 Å². The average molecular weight is 228 g/mol. The fourth-order valence-electron chi connectivity index (χ4n) is 0.939. The Kier molecular flexibility index (Phi) is 3.48. The molecule has 90 valence electrons. The molecule has 1 amide bonds. The number of ether oxygens (including phenoxy) is 1. The Morgan fingerprint density at radius 2 is 2.12 bits per heavy atom. The predicted molar refractivity (Wildman–Crippen MR) is 55.0 cm³/mol. The van der Waals surface area contributed by atoms with Crippen molar-refractivity contribution in [1.82, 2.24) is 15.3 Å². The van der Waals surface area contributed by atoms with E-state index in [1.165, 1.54) is 0 Å². The number of aromatic nitrogens is 2. The molecule has 0 saturated carbocycles. The van der Waals surface area contributed by atoms with Gasteiger partial charge in [0, 0.05) is 0 Å². The van der Waals surface area contributed by atoms with E-state index in [2.05, 4.69) is 14.9 Å². The molecule has 7 nitrogen and oxygen atoms in total. The van der Waals surface area contributed by atoms with Gasteiger partial charge in [0.25, 0.3) is 0 Å². The summed E-state index contributed by atoms with van der Waals surface area (Å²) in [5, 5.41) is 8.13. The predicted octanol–water partition coefficient (Wildman–Crippen LogP) is 0.989. The minimum absolute atomic E-state index is 0.101. The van der Waals surface area contributed by atoms with Gasteiger partial charge >= 0.3 is 6.09 Å². The number of nitrogens with two attached hydrogens (primary N) is 1. The lowest BCUT2D eigenvalue weighted by Gasteiger charge is -2.23. The van der Waals surface area contributed by atoms with Crippen LogP contribution in [0.4, 0.5) is 4.79 Å². The fraction of sp³-hybridized carbons (Fsp3) is 0.667. The van der Waals surface area contributed by atoms with E-state index in [9.17, 15) is 4.79 Å². The Hall–Kier alpha value is -1.63. The third-order valence-corrected chi connectivity index (χ3v) is 1.69. The van der Waals surface area contributed by atoms with E-state index in [4.69, 9.17) is 10.6 Å². The number of amides is 1. The highest BCUT2D eigenvalue weighted by Gasteiger charge is 2.21. The molecule has 0 spiro atoms. The van der Waals surface area contributed by atoms with Crippen molar-refractivity contribution in [1.29, 1.82) is 0 Å². The lowest BCUT2D eigenvalue weighted by Crippen LogP contribution is -2.41. The fourth-order valence-corrected chi connectivity index (χ4v) is 0.939. The minimum atomic E-state index is -0.616. The summed E-state index contributed by atoms with van der Waals surface area (Å²) in [7, 11) is 0. The molecule has 1 heterocycles. The van der Waals surface area contributed by atoms with E-state index < -0.39 is 11.7 Å². The van der Waals surface area contributed by atoms with Gasteiger partial charge < -0.3 is 4.74 Å². The summed E-state index contributed by atoms with van der Waals surface area (Å²) in [5.74, 6) is 5.53. The summed E-state index contributed by atoms with van der Waals surface area (Å²) in [6.07, 6.45) is -0.616. The molecule has 0 aliphatic rings. The molecule has 1 aromatic rings. The summed E-state index contributed by atoms with van der Waals surface area (Å²) >= 11 is 0. The van der Waals surface area contributed by atoms with Crippen molar-refractivity contribution in [2.45, 2.75) is 39.8 Å². The zero-order valence-corrected chi connectivity index (χ0v) is 9.85. The first-order chi connectivity index (χ1) is 7.29. The first-order valence-corrected chi connectivity index (χ1v) is 4.83. The molecule has 0 aromatic carbocycles. The van der Waals surface area contributed by atoms with Gasteiger partial charge in [-0.1, -0.05) is 10.3 Å². The molecule has 1 rings (SSSR count). The number of hydrogen-bond acceptors (Lipinski definition) is 6. The van der Waals surface area contributed by atoms with Gasteiger partial charge in [-0.15, -0.1) is 0 Å². The number of rotatable bonds is 2. The van der Waals surface area contributed by atoms with Crippen LogP contribution in [0.15, 0.2) is 4.63 Å². The highest BCUT2D eigenvalue weighted by Crippen LogP contribution is 2.10. The second kappa shape index (κ2) is 4.48. The number of hydrogen-bond donors (Lipinski definition) is 1. The topological polar surface area (TPSA) is 94.5 Å². The first kappa shape index (κ1) is 12.4. The molecule has 1 aromatic heterocycles.